The van der Waals surface area contributed by atoms with E-state index in [9.17, 15) is 13.2 Å². The lowest BCUT2D eigenvalue weighted by atomic mass is 9.96. The molecule has 1 unspecified atom stereocenters. The van der Waals surface area contributed by atoms with Crippen LogP contribution in [0.25, 0.3) is 0 Å². The largest absolute Gasteiger partial charge is 0.339 e. The van der Waals surface area contributed by atoms with E-state index in [1.807, 2.05) is 4.90 Å². The van der Waals surface area contributed by atoms with E-state index in [2.05, 4.69) is 6.92 Å². The van der Waals surface area contributed by atoms with Gasteiger partial charge in [-0.1, -0.05) is 25.8 Å². The fourth-order valence-electron chi connectivity index (χ4n) is 3.25. The molecule has 1 aromatic rings. The van der Waals surface area contributed by atoms with Gasteiger partial charge in [-0.25, -0.2) is 12.7 Å². The predicted molar refractivity (Wildman–Crippen MR) is 95.5 cm³/mol. The lowest BCUT2D eigenvalue weighted by molar-refractivity contribution is 0.0759. The molecule has 6 heteroatoms. The molecule has 1 aliphatic rings. The topological polar surface area (TPSA) is 57.7 Å². The number of hydrogen-bond acceptors (Lipinski definition) is 3. The van der Waals surface area contributed by atoms with Gasteiger partial charge >= 0.3 is 0 Å². The summed E-state index contributed by atoms with van der Waals surface area (Å²) in [5.74, 6) is 0.635. The summed E-state index contributed by atoms with van der Waals surface area (Å²) in [7, 11) is -0.539. The molecule has 1 fully saturated rings. The van der Waals surface area contributed by atoms with Crippen LogP contribution in [0, 0.1) is 5.92 Å². The smallest absolute Gasteiger partial charge is 0.253 e. The first kappa shape index (κ1) is 18.9. The van der Waals surface area contributed by atoms with Crippen LogP contribution in [0.2, 0.25) is 0 Å². The highest BCUT2D eigenvalue weighted by molar-refractivity contribution is 7.89. The maximum atomic E-state index is 12.8. The Hall–Kier alpha value is -1.40. The summed E-state index contributed by atoms with van der Waals surface area (Å²) in [6, 6.07) is 6.37. The molecule has 0 spiro atoms. The number of hydrogen-bond donors (Lipinski definition) is 0. The number of sulfonamides is 1. The highest BCUT2D eigenvalue weighted by atomic mass is 32.2. The monoisotopic (exact) mass is 352 g/mol. The van der Waals surface area contributed by atoms with E-state index < -0.39 is 10.0 Å². The first-order valence-corrected chi connectivity index (χ1v) is 10.1. The molecule has 2 rings (SSSR count). The molecule has 1 saturated heterocycles. The summed E-state index contributed by atoms with van der Waals surface area (Å²) in [5, 5.41) is 0. The van der Waals surface area contributed by atoms with Crippen molar-refractivity contribution in [1.82, 2.24) is 9.21 Å². The lowest BCUT2D eigenvalue weighted by Crippen LogP contribution is -2.32. The van der Waals surface area contributed by atoms with Crippen molar-refractivity contribution in [3.8, 4) is 0 Å². The number of likely N-dealkylation sites (tertiary alicyclic amines) is 1. The summed E-state index contributed by atoms with van der Waals surface area (Å²) in [6.07, 6.45) is 5.63. The van der Waals surface area contributed by atoms with E-state index in [0.717, 1.165) is 30.2 Å². The molecule has 0 N–H and O–H groups in total. The van der Waals surface area contributed by atoms with Crippen molar-refractivity contribution in [2.24, 2.45) is 5.92 Å². The number of amides is 1. The van der Waals surface area contributed by atoms with E-state index in [4.69, 9.17) is 0 Å². The molecule has 0 aromatic heterocycles. The third kappa shape index (κ3) is 4.36. The Morgan fingerprint density at radius 1 is 1.25 bits per heavy atom. The fraction of sp³-hybridized carbons (Fsp3) is 0.611. The van der Waals surface area contributed by atoms with Crippen LogP contribution in [0.3, 0.4) is 0 Å². The maximum absolute atomic E-state index is 12.8. The Morgan fingerprint density at radius 2 is 2.00 bits per heavy atom. The third-order valence-corrected chi connectivity index (χ3v) is 6.50. The Labute approximate surface area is 145 Å². The van der Waals surface area contributed by atoms with E-state index >= 15 is 0 Å². The summed E-state index contributed by atoms with van der Waals surface area (Å²) in [5.41, 5.74) is 0.451. The second kappa shape index (κ2) is 8.12. The molecule has 134 valence electrons. The van der Waals surface area contributed by atoms with Crippen molar-refractivity contribution >= 4 is 15.9 Å². The van der Waals surface area contributed by atoms with Gasteiger partial charge in [0, 0.05) is 32.7 Å². The minimum Gasteiger partial charge on any atom is -0.339 e. The summed E-state index contributed by atoms with van der Waals surface area (Å²) >= 11 is 0. The van der Waals surface area contributed by atoms with Crippen LogP contribution < -0.4 is 0 Å². The molecule has 0 bridgehead atoms. The second-order valence-electron chi connectivity index (χ2n) is 6.69. The molecule has 0 radical (unpaired) electrons. The number of benzene rings is 1. The van der Waals surface area contributed by atoms with Gasteiger partial charge in [0.15, 0.2) is 0 Å². The van der Waals surface area contributed by atoms with Gasteiger partial charge in [0.05, 0.1) is 4.90 Å². The normalized spacial score (nSPS) is 19.3. The van der Waals surface area contributed by atoms with Crippen molar-refractivity contribution in [3.63, 3.8) is 0 Å². The van der Waals surface area contributed by atoms with Crippen LogP contribution >= 0.6 is 0 Å². The van der Waals surface area contributed by atoms with E-state index in [0.29, 0.717) is 11.5 Å². The predicted octanol–water partition coefficient (Wildman–Crippen LogP) is 2.98. The van der Waals surface area contributed by atoms with Crippen molar-refractivity contribution in [2.45, 2.75) is 43.9 Å². The zero-order valence-electron chi connectivity index (χ0n) is 14.9. The van der Waals surface area contributed by atoms with Gasteiger partial charge in [0.1, 0.15) is 0 Å². The average molecular weight is 353 g/mol. The number of nitrogens with zero attached hydrogens (tertiary/aromatic N) is 2. The zero-order chi connectivity index (χ0) is 17.7. The Morgan fingerprint density at radius 3 is 2.67 bits per heavy atom. The first-order valence-electron chi connectivity index (χ1n) is 8.68. The molecule has 5 nitrogen and oxygen atoms in total. The van der Waals surface area contributed by atoms with Crippen LogP contribution in [0.1, 0.15) is 49.4 Å². The zero-order valence-corrected chi connectivity index (χ0v) is 15.7. The molecular weight excluding hydrogens is 324 g/mol. The van der Waals surface area contributed by atoms with Crippen LogP contribution in [0.5, 0.6) is 0 Å². The van der Waals surface area contributed by atoms with Gasteiger partial charge in [-0.2, -0.15) is 0 Å². The minimum absolute atomic E-state index is 0.0667. The Balaban J connectivity index is 2.16. The summed E-state index contributed by atoms with van der Waals surface area (Å²) < 4.78 is 25.7. The summed E-state index contributed by atoms with van der Waals surface area (Å²) in [4.78, 5) is 14.8. The van der Waals surface area contributed by atoms with Crippen molar-refractivity contribution in [2.75, 3.05) is 27.2 Å². The molecule has 1 amide bonds. The molecule has 1 heterocycles. The summed E-state index contributed by atoms with van der Waals surface area (Å²) in [6.45, 7) is 3.71. The SMILES string of the molecule is CCCC1CCCN(C(=O)c2cccc(S(=O)(=O)N(C)C)c2)CC1. The van der Waals surface area contributed by atoms with Gasteiger partial charge in [-0.15, -0.1) is 0 Å². The van der Waals surface area contributed by atoms with Crippen molar-refractivity contribution < 1.29 is 13.2 Å². The standard InChI is InChI=1S/C18H28N2O3S/c1-4-7-15-8-6-12-20(13-11-15)18(21)16-9-5-10-17(14-16)24(22,23)19(2)3/h5,9-10,14-15H,4,6-8,11-13H2,1-3H3. The minimum atomic E-state index is -3.52. The van der Waals surface area contributed by atoms with Crippen LogP contribution in [-0.2, 0) is 10.0 Å². The molecule has 1 aromatic carbocycles. The van der Waals surface area contributed by atoms with E-state index in [1.165, 1.54) is 45.5 Å². The van der Waals surface area contributed by atoms with Gasteiger partial charge in [-0.3, -0.25) is 4.79 Å². The van der Waals surface area contributed by atoms with Crippen molar-refractivity contribution in [3.05, 3.63) is 29.8 Å². The second-order valence-corrected chi connectivity index (χ2v) is 8.84. The van der Waals surface area contributed by atoms with Crippen LogP contribution in [0.15, 0.2) is 29.2 Å². The van der Waals surface area contributed by atoms with E-state index in [1.54, 1.807) is 12.1 Å². The lowest BCUT2D eigenvalue weighted by Gasteiger charge is -2.21. The van der Waals surface area contributed by atoms with Gasteiger partial charge in [-0.05, 0) is 43.4 Å². The molecular formula is C18H28N2O3S. The average Bonchev–Trinajstić information content (AvgIpc) is 2.80. The number of carbonyl (C=O) groups is 1. The van der Waals surface area contributed by atoms with Crippen molar-refractivity contribution in [1.29, 1.82) is 0 Å². The highest BCUT2D eigenvalue weighted by Crippen LogP contribution is 2.23. The number of rotatable bonds is 5. The molecule has 1 aliphatic heterocycles. The van der Waals surface area contributed by atoms with Gasteiger partial charge in [0.25, 0.3) is 5.91 Å². The third-order valence-electron chi connectivity index (χ3n) is 4.69. The Bertz CT molecular complexity index is 671. The molecule has 0 aliphatic carbocycles. The first-order chi connectivity index (χ1) is 11.4. The quantitative estimate of drug-likeness (QED) is 0.818. The molecule has 24 heavy (non-hydrogen) atoms. The Kier molecular flexibility index (Phi) is 6.40. The fourth-order valence-corrected chi connectivity index (χ4v) is 4.20. The highest BCUT2D eigenvalue weighted by Gasteiger charge is 2.23. The molecule has 0 saturated carbocycles. The van der Waals surface area contributed by atoms with Gasteiger partial charge < -0.3 is 4.90 Å². The van der Waals surface area contributed by atoms with Crippen LogP contribution in [0.4, 0.5) is 0 Å². The molecule has 1 atom stereocenters. The van der Waals surface area contributed by atoms with Crippen LogP contribution in [-0.4, -0.2) is 50.7 Å². The maximum Gasteiger partial charge on any atom is 0.253 e. The number of carbonyl (C=O) groups excluding carboxylic acids is 1. The van der Waals surface area contributed by atoms with Gasteiger partial charge in [0.2, 0.25) is 10.0 Å². The van der Waals surface area contributed by atoms with E-state index in [-0.39, 0.29) is 10.8 Å².